The molecule has 1 aliphatic carbocycles. The summed E-state index contributed by atoms with van der Waals surface area (Å²) in [4.78, 5) is 31.4. The van der Waals surface area contributed by atoms with Crippen LogP contribution in [0.15, 0.2) is 30.6 Å². The summed E-state index contributed by atoms with van der Waals surface area (Å²) in [6, 6.07) is 6.61. The van der Waals surface area contributed by atoms with Gasteiger partial charge in [0.1, 0.15) is 18.2 Å². The molecule has 2 aliphatic rings. The van der Waals surface area contributed by atoms with Crippen LogP contribution in [0.25, 0.3) is 0 Å². The van der Waals surface area contributed by atoms with Crippen LogP contribution in [0.5, 0.6) is 0 Å². The van der Waals surface area contributed by atoms with Crippen LogP contribution in [-0.2, 0) is 17.9 Å². The third kappa shape index (κ3) is 3.98. The number of rotatable bonds is 5. The number of nitrogens with zero attached hydrogens (tertiary/aromatic N) is 6. The Morgan fingerprint density at radius 2 is 2.03 bits per heavy atom. The number of nitrogens with one attached hydrogen (secondary N) is 1. The topological polar surface area (TPSA) is 97.9 Å². The third-order valence-electron chi connectivity index (χ3n) is 5.78. The van der Waals surface area contributed by atoms with E-state index in [0.717, 1.165) is 29.9 Å². The highest BCUT2D eigenvalue weighted by atomic mass is 35.5. The molecule has 0 spiro atoms. The van der Waals surface area contributed by atoms with Gasteiger partial charge in [-0.15, -0.1) is 5.10 Å². The highest BCUT2D eigenvalue weighted by molar-refractivity contribution is 6.42. The molecule has 2 amide bonds. The van der Waals surface area contributed by atoms with Gasteiger partial charge in [-0.3, -0.25) is 14.5 Å². The molecule has 0 bridgehead atoms. The number of aromatic nitrogens is 5. The molecular formula is C21H21Cl2N7O2. The van der Waals surface area contributed by atoms with E-state index in [9.17, 15) is 9.59 Å². The van der Waals surface area contributed by atoms with Gasteiger partial charge in [0, 0.05) is 25.6 Å². The lowest BCUT2D eigenvalue weighted by atomic mass is 10.2. The summed E-state index contributed by atoms with van der Waals surface area (Å²) in [6.45, 7) is 0.855. The average Bonchev–Trinajstić information content (AvgIpc) is 3.39. The molecule has 11 heteroatoms. The third-order valence-corrected chi connectivity index (χ3v) is 6.64. The number of carbonyl (C=O) groups excluding carboxylic acids is 2. The Morgan fingerprint density at radius 3 is 2.81 bits per heavy atom. The number of aryl methyl sites for hydroxylation is 1. The summed E-state index contributed by atoms with van der Waals surface area (Å²) in [5.74, 6) is 0.554. The number of hydrogen-bond acceptors (Lipinski definition) is 5. The number of halogens is 2. The van der Waals surface area contributed by atoms with Gasteiger partial charge >= 0.3 is 0 Å². The number of benzene rings is 1. The second-order valence-corrected chi connectivity index (χ2v) is 8.90. The first-order valence-corrected chi connectivity index (χ1v) is 11.1. The van der Waals surface area contributed by atoms with Gasteiger partial charge in [-0.25, -0.2) is 14.3 Å². The molecule has 1 unspecified atom stereocenters. The van der Waals surface area contributed by atoms with E-state index in [4.69, 9.17) is 23.2 Å². The van der Waals surface area contributed by atoms with E-state index in [1.165, 1.54) is 11.0 Å². The van der Waals surface area contributed by atoms with Crippen LogP contribution in [0, 0.1) is 0 Å². The Hall–Kier alpha value is -2.91. The minimum atomic E-state index is -0.687. The summed E-state index contributed by atoms with van der Waals surface area (Å²) < 4.78 is 3.35. The standard InChI is InChI=1S/C21H21Cl2N7O2/c1-28-17-9-16(12-5-6-12)26-30(17)8-7-15(21(28)32)25-20(31)19-24-11-29(27-19)10-13-3-2-4-14(22)18(13)23/h2-4,9,11-12,15H,5-8,10H2,1H3,(H,25,31). The van der Waals surface area contributed by atoms with Gasteiger partial charge in [-0.1, -0.05) is 35.3 Å². The van der Waals surface area contributed by atoms with E-state index >= 15 is 0 Å². The van der Waals surface area contributed by atoms with Crippen molar-refractivity contribution in [3.8, 4) is 0 Å². The summed E-state index contributed by atoms with van der Waals surface area (Å²) in [7, 11) is 1.71. The number of hydrogen-bond donors (Lipinski definition) is 1. The summed E-state index contributed by atoms with van der Waals surface area (Å²) in [5, 5.41) is 12.5. The first-order chi connectivity index (χ1) is 15.4. The van der Waals surface area contributed by atoms with Crippen LogP contribution in [0.4, 0.5) is 5.82 Å². The number of carbonyl (C=O) groups is 2. The Morgan fingerprint density at radius 1 is 1.22 bits per heavy atom. The first-order valence-electron chi connectivity index (χ1n) is 10.4. The number of fused-ring (bicyclic) bond motifs is 1. The van der Waals surface area contributed by atoms with Crippen LogP contribution in [-0.4, -0.2) is 49.4 Å². The largest absolute Gasteiger partial charge is 0.337 e. The van der Waals surface area contributed by atoms with E-state index in [1.807, 2.05) is 16.8 Å². The van der Waals surface area contributed by atoms with Crippen molar-refractivity contribution in [2.45, 2.75) is 44.3 Å². The van der Waals surface area contributed by atoms with Crippen LogP contribution in [0.1, 0.15) is 47.1 Å². The minimum Gasteiger partial charge on any atom is -0.337 e. The molecule has 32 heavy (non-hydrogen) atoms. The van der Waals surface area contributed by atoms with Crippen molar-refractivity contribution in [1.82, 2.24) is 29.9 Å². The van der Waals surface area contributed by atoms with Crippen LogP contribution in [0.2, 0.25) is 10.0 Å². The summed E-state index contributed by atoms with van der Waals surface area (Å²) >= 11 is 12.3. The number of anilines is 1. The normalized spacial score (nSPS) is 18.4. The SMILES string of the molecule is CN1C(=O)C(NC(=O)c2ncn(Cc3cccc(Cl)c3Cl)n2)CCn2nc(C3CC3)cc21. The zero-order valence-electron chi connectivity index (χ0n) is 17.3. The van der Waals surface area contributed by atoms with Crippen molar-refractivity contribution in [1.29, 1.82) is 0 Å². The zero-order valence-corrected chi connectivity index (χ0v) is 18.8. The molecule has 3 aromatic rings. The molecule has 9 nitrogen and oxygen atoms in total. The van der Waals surface area contributed by atoms with E-state index in [-0.39, 0.29) is 11.7 Å². The maximum absolute atomic E-state index is 13.0. The molecule has 5 rings (SSSR count). The monoisotopic (exact) mass is 473 g/mol. The van der Waals surface area contributed by atoms with Gasteiger partial charge < -0.3 is 5.32 Å². The molecule has 1 aliphatic heterocycles. The molecule has 1 saturated carbocycles. The molecule has 0 radical (unpaired) electrons. The lowest BCUT2D eigenvalue weighted by molar-refractivity contribution is -0.120. The lowest BCUT2D eigenvalue weighted by Crippen LogP contribution is -2.47. The minimum absolute atomic E-state index is 0.0170. The Bertz CT molecular complexity index is 1200. The van der Waals surface area contributed by atoms with E-state index in [2.05, 4.69) is 20.5 Å². The summed E-state index contributed by atoms with van der Waals surface area (Å²) in [6.07, 6.45) is 4.18. The molecular weight excluding hydrogens is 453 g/mol. The molecule has 1 fully saturated rings. The molecule has 3 heterocycles. The Labute approximate surface area is 194 Å². The van der Waals surface area contributed by atoms with Crippen molar-refractivity contribution < 1.29 is 9.59 Å². The van der Waals surface area contributed by atoms with E-state index in [1.54, 1.807) is 24.1 Å². The fourth-order valence-electron chi connectivity index (χ4n) is 3.84. The first kappa shape index (κ1) is 21.0. The zero-order chi connectivity index (χ0) is 22.4. The maximum Gasteiger partial charge on any atom is 0.291 e. The Kier molecular flexibility index (Phi) is 5.38. The predicted octanol–water partition coefficient (Wildman–Crippen LogP) is 2.87. The van der Waals surface area contributed by atoms with Crippen LogP contribution < -0.4 is 10.2 Å². The Balaban J connectivity index is 1.26. The van der Waals surface area contributed by atoms with Crippen molar-refractivity contribution >= 4 is 40.8 Å². The molecule has 1 aromatic carbocycles. The second-order valence-electron chi connectivity index (χ2n) is 8.12. The van der Waals surface area contributed by atoms with Crippen molar-refractivity contribution in [2.24, 2.45) is 0 Å². The number of amides is 2. The number of likely N-dealkylation sites (N-methyl/N-ethyl adjacent to an activating group) is 1. The molecule has 2 aromatic heterocycles. The van der Waals surface area contributed by atoms with E-state index in [0.29, 0.717) is 35.5 Å². The van der Waals surface area contributed by atoms with Crippen molar-refractivity contribution in [2.75, 3.05) is 11.9 Å². The lowest BCUT2D eigenvalue weighted by Gasteiger charge is -2.19. The van der Waals surface area contributed by atoms with Gasteiger partial charge in [0.05, 0.1) is 22.3 Å². The van der Waals surface area contributed by atoms with Gasteiger partial charge in [-0.2, -0.15) is 5.10 Å². The van der Waals surface area contributed by atoms with Gasteiger partial charge in [0.2, 0.25) is 5.82 Å². The maximum atomic E-state index is 13.0. The smallest absolute Gasteiger partial charge is 0.291 e. The van der Waals surface area contributed by atoms with Crippen molar-refractivity contribution in [3.63, 3.8) is 0 Å². The predicted molar refractivity (Wildman–Crippen MR) is 119 cm³/mol. The van der Waals surface area contributed by atoms with Gasteiger partial charge in [-0.05, 0) is 30.9 Å². The molecule has 1 atom stereocenters. The van der Waals surface area contributed by atoms with Crippen LogP contribution >= 0.6 is 23.2 Å². The fourth-order valence-corrected chi connectivity index (χ4v) is 4.22. The highest BCUT2D eigenvalue weighted by Gasteiger charge is 2.34. The van der Waals surface area contributed by atoms with Crippen LogP contribution in [0.3, 0.4) is 0 Å². The van der Waals surface area contributed by atoms with Gasteiger partial charge in [0.15, 0.2) is 0 Å². The molecule has 0 saturated heterocycles. The second kappa shape index (κ2) is 8.22. The van der Waals surface area contributed by atoms with Gasteiger partial charge in [0.25, 0.3) is 11.8 Å². The quantitative estimate of drug-likeness (QED) is 0.614. The van der Waals surface area contributed by atoms with E-state index < -0.39 is 11.9 Å². The summed E-state index contributed by atoms with van der Waals surface area (Å²) in [5.41, 5.74) is 1.80. The van der Waals surface area contributed by atoms with Crippen molar-refractivity contribution in [3.05, 3.63) is 57.7 Å². The fraction of sp³-hybridized carbons (Fsp3) is 0.381. The molecule has 1 N–H and O–H groups in total. The molecule has 166 valence electrons. The highest BCUT2D eigenvalue weighted by Crippen LogP contribution is 2.40. The average molecular weight is 474 g/mol.